The second-order valence-corrected chi connectivity index (χ2v) is 21.4. The summed E-state index contributed by atoms with van der Waals surface area (Å²) in [4.78, 5) is 24.6. The van der Waals surface area contributed by atoms with Crippen molar-refractivity contribution in [2.24, 2.45) is 0 Å². The summed E-state index contributed by atoms with van der Waals surface area (Å²) in [6.07, 6.45) is 74.3. The molecule has 0 fully saturated rings. The number of carbonyl (C=O) groups excluding carboxylic acids is 2. The Labute approximate surface area is 436 Å². The maximum atomic E-state index is 12.5. The van der Waals surface area contributed by atoms with Crippen LogP contribution in [0.25, 0.3) is 0 Å². The van der Waals surface area contributed by atoms with Crippen LogP contribution in [-0.2, 0) is 14.3 Å². The van der Waals surface area contributed by atoms with Crippen molar-refractivity contribution < 1.29 is 24.5 Å². The van der Waals surface area contributed by atoms with Gasteiger partial charge in [-0.2, -0.15) is 0 Å². The molecule has 0 aliphatic carbocycles. The number of hydrogen-bond donors (Lipinski definition) is 3. The van der Waals surface area contributed by atoms with E-state index in [1.54, 1.807) is 0 Å². The van der Waals surface area contributed by atoms with Gasteiger partial charge in [-0.15, -0.1) is 0 Å². The van der Waals surface area contributed by atoms with E-state index in [9.17, 15) is 19.8 Å². The number of carbonyl (C=O) groups is 2. The summed E-state index contributed by atoms with van der Waals surface area (Å²) in [5, 5.41) is 23.3. The second-order valence-electron chi connectivity index (χ2n) is 21.4. The molecule has 2 unspecified atom stereocenters. The fourth-order valence-electron chi connectivity index (χ4n) is 9.61. The molecule has 2 atom stereocenters. The van der Waals surface area contributed by atoms with Crippen molar-refractivity contribution >= 4 is 11.9 Å². The first-order chi connectivity index (χ1) is 34.5. The van der Waals surface area contributed by atoms with Crippen LogP contribution in [0.4, 0.5) is 0 Å². The Balaban J connectivity index is 3.44. The first-order valence-corrected chi connectivity index (χ1v) is 31.2. The minimum atomic E-state index is -0.671. The van der Waals surface area contributed by atoms with E-state index in [4.69, 9.17) is 4.74 Å². The standard InChI is InChI=1S/C64H121NO5/c1-3-5-7-9-11-13-15-17-19-24-28-32-36-40-44-48-52-56-62(67)61(60-66)65-63(68)57-53-49-45-41-37-33-29-26-22-21-23-27-31-35-39-43-47-51-55-59-70-64(69)58-54-50-46-42-38-34-30-25-20-18-16-14-12-10-8-6-4-2/h12,14,18,20-22,61-62,66-67H,3-11,13,15-17,19,23-60H2,1-2H3,(H,65,68)/b14-12-,20-18-,22-21-. The van der Waals surface area contributed by atoms with Gasteiger partial charge >= 0.3 is 5.97 Å². The Morgan fingerprint density at radius 2 is 0.714 bits per heavy atom. The number of allylic oxidation sites excluding steroid dienone is 6. The predicted octanol–water partition coefficient (Wildman–Crippen LogP) is 19.6. The van der Waals surface area contributed by atoms with E-state index < -0.39 is 12.1 Å². The number of unbranched alkanes of at least 4 members (excludes halogenated alkanes) is 41. The van der Waals surface area contributed by atoms with Crippen molar-refractivity contribution in [3.05, 3.63) is 36.5 Å². The topological polar surface area (TPSA) is 95.9 Å². The fraction of sp³-hybridized carbons (Fsp3) is 0.875. The van der Waals surface area contributed by atoms with Gasteiger partial charge in [-0.3, -0.25) is 9.59 Å². The Bertz CT molecular complexity index is 1130. The molecule has 70 heavy (non-hydrogen) atoms. The van der Waals surface area contributed by atoms with Gasteiger partial charge in [0.25, 0.3) is 0 Å². The highest BCUT2D eigenvalue weighted by atomic mass is 16.5. The molecule has 0 aromatic carbocycles. The molecule has 0 saturated carbocycles. The molecule has 6 nitrogen and oxygen atoms in total. The van der Waals surface area contributed by atoms with E-state index in [2.05, 4.69) is 55.6 Å². The summed E-state index contributed by atoms with van der Waals surface area (Å²) in [5.74, 6) is -0.0464. The van der Waals surface area contributed by atoms with E-state index in [-0.39, 0.29) is 18.5 Å². The fourth-order valence-corrected chi connectivity index (χ4v) is 9.61. The summed E-state index contributed by atoms with van der Waals surface area (Å²) >= 11 is 0. The lowest BCUT2D eigenvalue weighted by Crippen LogP contribution is -2.45. The quantitative estimate of drug-likeness (QED) is 0.0321. The third-order valence-electron chi connectivity index (χ3n) is 14.4. The van der Waals surface area contributed by atoms with Crippen LogP contribution in [-0.4, -0.2) is 47.4 Å². The first-order valence-electron chi connectivity index (χ1n) is 31.2. The van der Waals surface area contributed by atoms with Crippen LogP contribution in [0.2, 0.25) is 0 Å². The number of nitrogens with one attached hydrogen (secondary N) is 1. The number of hydrogen-bond acceptors (Lipinski definition) is 5. The normalized spacial score (nSPS) is 12.8. The zero-order valence-corrected chi connectivity index (χ0v) is 47.0. The number of rotatable bonds is 58. The van der Waals surface area contributed by atoms with Crippen molar-refractivity contribution in [3.63, 3.8) is 0 Å². The molecule has 0 spiro atoms. The maximum Gasteiger partial charge on any atom is 0.305 e. The van der Waals surface area contributed by atoms with Crippen LogP contribution in [0.1, 0.15) is 335 Å². The van der Waals surface area contributed by atoms with Gasteiger partial charge < -0.3 is 20.3 Å². The Morgan fingerprint density at radius 3 is 1.13 bits per heavy atom. The second kappa shape index (κ2) is 59.6. The third-order valence-corrected chi connectivity index (χ3v) is 14.4. The molecule has 0 aliphatic rings. The Hall–Kier alpha value is -1.92. The van der Waals surface area contributed by atoms with Crippen molar-refractivity contribution in [1.82, 2.24) is 5.32 Å². The van der Waals surface area contributed by atoms with Gasteiger partial charge in [-0.05, 0) is 83.5 Å². The minimum Gasteiger partial charge on any atom is -0.466 e. The average Bonchev–Trinajstić information content (AvgIpc) is 3.36. The van der Waals surface area contributed by atoms with Gasteiger partial charge in [0.2, 0.25) is 5.91 Å². The van der Waals surface area contributed by atoms with E-state index in [1.165, 1.54) is 250 Å². The Morgan fingerprint density at radius 1 is 0.400 bits per heavy atom. The summed E-state index contributed by atoms with van der Waals surface area (Å²) in [6, 6.07) is -0.549. The van der Waals surface area contributed by atoms with Gasteiger partial charge in [0.1, 0.15) is 0 Å². The molecular formula is C64H121NO5. The van der Waals surface area contributed by atoms with Crippen LogP contribution in [0.15, 0.2) is 36.5 Å². The first kappa shape index (κ1) is 68.1. The maximum absolute atomic E-state index is 12.5. The molecule has 0 aromatic rings. The van der Waals surface area contributed by atoms with Crippen LogP contribution in [0.5, 0.6) is 0 Å². The van der Waals surface area contributed by atoms with Crippen molar-refractivity contribution in [3.8, 4) is 0 Å². The van der Waals surface area contributed by atoms with E-state index in [0.717, 1.165) is 51.4 Å². The largest absolute Gasteiger partial charge is 0.466 e. The lowest BCUT2D eigenvalue weighted by atomic mass is 10.0. The van der Waals surface area contributed by atoms with Crippen LogP contribution >= 0.6 is 0 Å². The molecule has 3 N–H and O–H groups in total. The zero-order chi connectivity index (χ0) is 50.7. The molecule has 0 radical (unpaired) electrons. The Kier molecular flexibility index (Phi) is 58.0. The van der Waals surface area contributed by atoms with Gasteiger partial charge in [-0.25, -0.2) is 0 Å². The molecule has 412 valence electrons. The molecule has 0 rings (SSSR count). The summed E-state index contributed by atoms with van der Waals surface area (Å²) in [5.41, 5.74) is 0. The van der Waals surface area contributed by atoms with Crippen molar-refractivity contribution in [2.45, 2.75) is 347 Å². The average molecular weight is 985 g/mol. The molecule has 0 heterocycles. The van der Waals surface area contributed by atoms with Crippen molar-refractivity contribution in [2.75, 3.05) is 13.2 Å². The molecule has 0 saturated heterocycles. The SMILES string of the molecule is CCCCC/C=C\C/C=C\CCCCCCCCCC(=O)OCCCCCCCCCC/C=C\CCCCCCCCCC(=O)NC(CO)C(O)CCCCCCCCCCCCCCCCCCC. The lowest BCUT2D eigenvalue weighted by Gasteiger charge is -2.22. The van der Waals surface area contributed by atoms with E-state index in [1.807, 2.05) is 0 Å². The van der Waals surface area contributed by atoms with Gasteiger partial charge in [0, 0.05) is 12.8 Å². The number of ether oxygens (including phenoxy) is 1. The number of aliphatic hydroxyl groups excluding tert-OH is 2. The van der Waals surface area contributed by atoms with Crippen LogP contribution in [0.3, 0.4) is 0 Å². The summed E-state index contributed by atoms with van der Waals surface area (Å²) in [7, 11) is 0. The molecule has 0 aromatic heterocycles. The smallest absolute Gasteiger partial charge is 0.305 e. The summed E-state index contributed by atoms with van der Waals surface area (Å²) in [6.45, 7) is 4.93. The number of aliphatic hydroxyl groups is 2. The zero-order valence-electron chi connectivity index (χ0n) is 47.0. The summed E-state index contributed by atoms with van der Waals surface area (Å²) < 4.78 is 5.48. The number of amides is 1. The minimum absolute atomic E-state index is 0.00355. The van der Waals surface area contributed by atoms with Gasteiger partial charge in [0.15, 0.2) is 0 Å². The highest BCUT2D eigenvalue weighted by Crippen LogP contribution is 2.17. The van der Waals surface area contributed by atoms with Gasteiger partial charge in [-0.1, -0.05) is 275 Å². The molecule has 0 bridgehead atoms. The molecule has 6 heteroatoms. The molecule has 1 amide bonds. The van der Waals surface area contributed by atoms with Crippen molar-refractivity contribution in [1.29, 1.82) is 0 Å². The lowest BCUT2D eigenvalue weighted by molar-refractivity contribution is -0.143. The molecular weight excluding hydrogens is 863 g/mol. The van der Waals surface area contributed by atoms with E-state index in [0.29, 0.717) is 25.9 Å². The molecule has 0 aliphatic heterocycles. The van der Waals surface area contributed by atoms with E-state index >= 15 is 0 Å². The monoisotopic (exact) mass is 984 g/mol. The van der Waals surface area contributed by atoms with Crippen LogP contribution in [0, 0.1) is 0 Å². The highest BCUT2D eigenvalue weighted by Gasteiger charge is 2.20. The van der Waals surface area contributed by atoms with Crippen LogP contribution < -0.4 is 5.32 Å². The van der Waals surface area contributed by atoms with Gasteiger partial charge in [0.05, 0.1) is 25.4 Å². The number of esters is 1. The predicted molar refractivity (Wildman–Crippen MR) is 306 cm³/mol. The highest BCUT2D eigenvalue weighted by molar-refractivity contribution is 5.76. The third kappa shape index (κ3) is 55.4.